The topological polar surface area (TPSA) is 9.72 Å². The molecular formula is C24H29F2N3. The lowest BCUT2D eigenvalue weighted by molar-refractivity contribution is 0.167. The molecule has 0 bridgehead atoms. The number of benzene rings is 2. The van der Waals surface area contributed by atoms with Crippen LogP contribution in [0.3, 0.4) is 0 Å². The molecule has 2 aromatic rings. The van der Waals surface area contributed by atoms with Gasteiger partial charge in [-0.3, -0.25) is 9.80 Å². The van der Waals surface area contributed by atoms with Crippen LogP contribution in [-0.2, 0) is 0 Å². The van der Waals surface area contributed by atoms with Crippen LogP contribution < -0.4 is 4.90 Å². The molecule has 0 spiro atoms. The molecular weight excluding hydrogens is 368 g/mol. The van der Waals surface area contributed by atoms with Gasteiger partial charge in [-0.2, -0.15) is 0 Å². The maximum Gasteiger partial charge on any atom is 0.160 e. The van der Waals surface area contributed by atoms with Gasteiger partial charge in [0.1, 0.15) is 0 Å². The van der Waals surface area contributed by atoms with E-state index in [1.54, 1.807) is 6.07 Å². The van der Waals surface area contributed by atoms with Gasteiger partial charge in [-0.1, -0.05) is 30.3 Å². The van der Waals surface area contributed by atoms with Crippen LogP contribution in [0.2, 0.25) is 0 Å². The van der Waals surface area contributed by atoms with Crippen LogP contribution in [0.15, 0.2) is 48.5 Å². The second-order valence-electron chi connectivity index (χ2n) is 8.99. The molecule has 0 amide bonds. The van der Waals surface area contributed by atoms with Crippen LogP contribution in [0, 0.1) is 23.5 Å². The molecule has 3 aliphatic heterocycles. The van der Waals surface area contributed by atoms with E-state index in [0.717, 1.165) is 37.5 Å². The molecule has 3 heterocycles. The third-order valence-electron chi connectivity index (χ3n) is 7.31. The van der Waals surface area contributed by atoms with Gasteiger partial charge in [-0.05, 0) is 49.4 Å². The monoisotopic (exact) mass is 397 g/mol. The summed E-state index contributed by atoms with van der Waals surface area (Å²) in [5.41, 5.74) is 2.24. The molecule has 3 nitrogen and oxygen atoms in total. The molecule has 3 aliphatic rings. The van der Waals surface area contributed by atoms with E-state index in [9.17, 15) is 8.78 Å². The summed E-state index contributed by atoms with van der Waals surface area (Å²) in [4.78, 5) is 7.44. The van der Waals surface area contributed by atoms with E-state index in [1.807, 2.05) is 0 Å². The van der Waals surface area contributed by atoms with E-state index < -0.39 is 11.6 Å². The summed E-state index contributed by atoms with van der Waals surface area (Å²) in [7, 11) is 2.26. The number of nitrogens with zero attached hydrogens (tertiary/aromatic N) is 3. The highest BCUT2D eigenvalue weighted by Gasteiger charge is 2.47. The molecule has 3 fully saturated rings. The lowest BCUT2D eigenvalue weighted by Crippen LogP contribution is -2.45. The molecule has 0 aromatic heterocycles. The van der Waals surface area contributed by atoms with Crippen LogP contribution in [-0.4, -0.2) is 55.6 Å². The molecule has 29 heavy (non-hydrogen) atoms. The van der Waals surface area contributed by atoms with Crippen LogP contribution in [0.4, 0.5) is 14.5 Å². The minimum atomic E-state index is -0.773. The third kappa shape index (κ3) is 3.55. The van der Waals surface area contributed by atoms with Crippen LogP contribution in [0.5, 0.6) is 0 Å². The SMILES string of the molecule is CN1C[C@H]2CN(C3CCN(c4ccc(F)c(F)c4)CC3)C[C@H]2[C@@H]1c1ccccc1. The van der Waals surface area contributed by atoms with Gasteiger partial charge in [0.15, 0.2) is 11.6 Å². The molecule has 0 aliphatic carbocycles. The fourth-order valence-electron chi connectivity index (χ4n) is 5.91. The minimum absolute atomic E-state index is 0.522. The van der Waals surface area contributed by atoms with Gasteiger partial charge in [0.2, 0.25) is 0 Å². The Morgan fingerprint density at radius 2 is 1.62 bits per heavy atom. The number of rotatable bonds is 3. The van der Waals surface area contributed by atoms with Gasteiger partial charge in [0.05, 0.1) is 0 Å². The summed E-state index contributed by atoms with van der Waals surface area (Å²) in [5, 5.41) is 0. The van der Waals surface area contributed by atoms with Crippen molar-refractivity contribution in [1.29, 1.82) is 0 Å². The van der Waals surface area contributed by atoms with Crippen molar-refractivity contribution in [3.05, 3.63) is 65.7 Å². The third-order valence-corrected chi connectivity index (χ3v) is 7.31. The quantitative estimate of drug-likeness (QED) is 0.770. The Balaban J connectivity index is 1.22. The van der Waals surface area contributed by atoms with Crippen molar-refractivity contribution in [3.63, 3.8) is 0 Å². The minimum Gasteiger partial charge on any atom is -0.371 e. The average molecular weight is 398 g/mol. The van der Waals surface area contributed by atoms with Gasteiger partial charge in [-0.25, -0.2) is 8.78 Å². The van der Waals surface area contributed by atoms with Gasteiger partial charge < -0.3 is 4.90 Å². The Hall–Kier alpha value is -1.98. The maximum absolute atomic E-state index is 13.6. The smallest absolute Gasteiger partial charge is 0.160 e. The molecule has 3 atom stereocenters. The summed E-state index contributed by atoms with van der Waals surface area (Å²) >= 11 is 0. The number of anilines is 1. The van der Waals surface area contributed by atoms with E-state index in [2.05, 4.69) is 52.1 Å². The first-order valence-corrected chi connectivity index (χ1v) is 10.8. The lowest BCUT2D eigenvalue weighted by Gasteiger charge is -2.38. The first kappa shape index (κ1) is 19.0. The molecule has 0 saturated carbocycles. The summed E-state index contributed by atoms with van der Waals surface area (Å²) in [5.74, 6) is -0.0840. The number of likely N-dealkylation sites (tertiary alicyclic amines) is 2. The predicted molar refractivity (Wildman–Crippen MR) is 112 cm³/mol. The Bertz CT molecular complexity index is 850. The molecule has 3 saturated heterocycles. The molecule has 2 aromatic carbocycles. The van der Waals surface area contributed by atoms with Gasteiger partial charge in [-0.15, -0.1) is 0 Å². The second kappa shape index (κ2) is 7.69. The van der Waals surface area contributed by atoms with Crippen molar-refractivity contribution in [1.82, 2.24) is 9.80 Å². The van der Waals surface area contributed by atoms with E-state index in [4.69, 9.17) is 0 Å². The summed E-state index contributed by atoms with van der Waals surface area (Å²) < 4.78 is 26.8. The molecule has 0 radical (unpaired) electrons. The zero-order valence-corrected chi connectivity index (χ0v) is 17.0. The fourth-order valence-corrected chi connectivity index (χ4v) is 5.91. The largest absolute Gasteiger partial charge is 0.371 e. The van der Waals surface area contributed by atoms with E-state index in [0.29, 0.717) is 18.0 Å². The molecule has 0 unspecified atom stereocenters. The van der Waals surface area contributed by atoms with Crippen molar-refractivity contribution in [2.24, 2.45) is 11.8 Å². The number of hydrogen-bond donors (Lipinski definition) is 0. The van der Waals surface area contributed by atoms with Crippen molar-refractivity contribution in [3.8, 4) is 0 Å². The Morgan fingerprint density at radius 3 is 2.34 bits per heavy atom. The van der Waals surface area contributed by atoms with Crippen LogP contribution >= 0.6 is 0 Å². The fraction of sp³-hybridized carbons (Fsp3) is 0.500. The summed E-state index contributed by atoms with van der Waals surface area (Å²) in [6.45, 7) is 5.35. The zero-order chi connectivity index (χ0) is 20.0. The summed E-state index contributed by atoms with van der Waals surface area (Å²) in [6.07, 6.45) is 2.18. The molecule has 5 rings (SSSR count). The van der Waals surface area contributed by atoms with Crippen molar-refractivity contribution >= 4 is 5.69 Å². The van der Waals surface area contributed by atoms with Gasteiger partial charge >= 0.3 is 0 Å². The maximum atomic E-state index is 13.6. The Labute approximate surface area is 171 Å². The Kier molecular flexibility index (Phi) is 5.04. The number of piperidine rings is 1. The summed E-state index contributed by atoms with van der Waals surface area (Å²) in [6, 6.07) is 16.3. The average Bonchev–Trinajstić information content (AvgIpc) is 3.27. The van der Waals surface area contributed by atoms with Gasteiger partial charge in [0, 0.05) is 56.6 Å². The number of fused-ring (bicyclic) bond motifs is 1. The zero-order valence-electron chi connectivity index (χ0n) is 17.0. The molecule has 0 N–H and O–H groups in total. The van der Waals surface area contributed by atoms with Crippen molar-refractivity contribution in [2.75, 3.05) is 44.7 Å². The normalized spacial score (nSPS) is 28.8. The first-order chi connectivity index (χ1) is 14.1. The first-order valence-electron chi connectivity index (χ1n) is 10.8. The molecule has 5 heteroatoms. The van der Waals surface area contributed by atoms with E-state index in [-0.39, 0.29) is 0 Å². The van der Waals surface area contributed by atoms with Crippen molar-refractivity contribution in [2.45, 2.75) is 24.9 Å². The predicted octanol–water partition coefficient (Wildman–Crippen LogP) is 4.17. The number of hydrogen-bond acceptors (Lipinski definition) is 3. The second-order valence-corrected chi connectivity index (χ2v) is 8.99. The standard InChI is InChI=1S/C24H29F2N3/c1-27-14-18-15-29(16-21(18)24(27)17-5-3-2-4-6-17)19-9-11-28(12-10-19)20-7-8-22(25)23(26)13-20/h2-8,13,18-19,21,24H,9-12,14-16H2,1H3/t18-,21+,24-/m0/s1. The van der Waals surface area contributed by atoms with E-state index in [1.165, 1.54) is 37.3 Å². The highest BCUT2D eigenvalue weighted by molar-refractivity contribution is 5.47. The lowest BCUT2D eigenvalue weighted by atomic mass is 9.90. The highest BCUT2D eigenvalue weighted by Crippen LogP contribution is 2.45. The molecule has 154 valence electrons. The number of halogens is 2. The van der Waals surface area contributed by atoms with Gasteiger partial charge in [0.25, 0.3) is 0 Å². The highest BCUT2D eigenvalue weighted by atomic mass is 19.2. The van der Waals surface area contributed by atoms with E-state index >= 15 is 0 Å². The van der Waals surface area contributed by atoms with Crippen LogP contribution in [0.1, 0.15) is 24.4 Å². The van der Waals surface area contributed by atoms with Crippen molar-refractivity contribution < 1.29 is 8.78 Å². The van der Waals surface area contributed by atoms with Crippen LogP contribution in [0.25, 0.3) is 0 Å². The Morgan fingerprint density at radius 1 is 0.862 bits per heavy atom.